The lowest BCUT2D eigenvalue weighted by Crippen LogP contribution is -2.54. The molecule has 34 heavy (non-hydrogen) atoms. The second kappa shape index (κ2) is 11.9. The number of unbranched alkanes of at least 4 members (excludes halogenated alkanes) is 2. The maximum atomic E-state index is 12.7. The summed E-state index contributed by atoms with van der Waals surface area (Å²) in [6, 6.07) is -1.36. The largest absolute Gasteiger partial charge is 0.345 e. The smallest absolute Gasteiger partial charge is 0.243 e. The first-order chi connectivity index (χ1) is 15.5. The van der Waals surface area contributed by atoms with Crippen LogP contribution >= 0.6 is 0 Å². The molecule has 0 aromatic carbocycles. The molecule has 0 saturated carbocycles. The van der Waals surface area contributed by atoms with Crippen molar-refractivity contribution in [3.05, 3.63) is 0 Å². The van der Waals surface area contributed by atoms with Crippen molar-refractivity contribution >= 4 is 29.4 Å². The molecule has 8 nitrogen and oxygen atoms in total. The fourth-order valence-electron chi connectivity index (χ4n) is 4.13. The number of ketones is 1. The van der Waals surface area contributed by atoms with Crippen LogP contribution in [0, 0.1) is 22.7 Å². The summed E-state index contributed by atoms with van der Waals surface area (Å²) in [5.74, 6) is -1.29. The lowest BCUT2D eigenvalue weighted by atomic mass is 9.80. The van der Waals surface area contributed by atoms with Crippen molar-refractivity contribution in [3.63, 3.8) is 0 Å². The number of hydrogen-bond donors (Lipinski definition) is 2. The Hall–Kier alpha value is -2.25. The topological polar surface area (TPSA) is 113 Å². The van der Waals surface area contributed by atoms with Gasteiger partial charge in [-0.2, -0.15) is 0 Å². The SMILES string of the molecule is CC(C)[C@H](NC(=O)CCCCCN1C(=O)CC(C(C)(C)C)C1=O)C(=O)N[C@@H](C)C(=O)C(C)(C)C. The van der Waals surface area contributed by atoms with E-state index in [4.69, 9.17) is 0 Å². The van der Waals surface area contributed by atoms with Gasteiger partial charge in [-0.1, -0.05) is 61.8 Å². The molecule has 1 unspecified atom stereocenters. The van der Waals surface area contributed by atoms with Crippen LogP contribution < -0.4 is 10.6 Å². The molecule has 194 valence electrons. The third kappa shape index (κ3) is 8.51. The molecule has 0 bridgehead atoms. The predicted octanol–water partition coefficient (Wildman–Crippen LogP) is 3.23. The van der Waals surface area contributed by atoms with Gasteiger partial charge >= 0.3 is 0 Å². The Kier molecular flexibility index (Phi) is 10.5. The molecule has 3 atom stereocenters. The van der Waals surface area contributed by atoms with Gasteiger partial charge in [0.2, 0.25) is 23.6 Å². The van der Waals surface area contributed by atoms with Crippen molar-refractivity contribution in [2.75, 3.05) is 6.54 Å². The number of nitrogens with one attached hydrogen (secondary N) is 2. The van der Waals surface area contributed by atoms with E-state index in [1.54, 1.807) is 27.7 Å². The summed E-state index contributed by atoms with van der Waals surface area (Å²) >= 11 is 0. The quantitative estimate of drug-likeness (QED) is 0.349. The van der Waals surface area contributed by atoms with Gasteiger partial charge in [0.05, 0.1) is 12.0 Å². The van der Waals surface area contributed by atoms with Gasteiger partial charge in [-0.15, -0.1) is 0 Å². The normalized spacial score (nSPS) is 18.8. The molecule has 2 N–H and O–H groups in total. The van der Waals surface area contributed by atoms with Crippen molar-refractivity contribution < 1.29 is 24.0 Å². The maximum Gasteiger partial charge on any atom is 0.243 e. The summed E-state index contributed by atoms with van der Waals surface area (Å²) < 4.78 is 0. The highest BCUT2D eigenvalue weighted by molar-refractivity contribution is 6.03. The van der Waals surface area contributed by atoms with E-state index in [2.05, 4.69) is 10.6 Å². The zero-order valence-corrected chi connectivity index (χ0v) is 22.5. The van der Waals surface area contributed by atoms with Crippen LogP contribution in [-0.4, -0.2) is 52.9 Å². The van der Waals surface area contributed by atoms with Crippen LogP contribution in [0.4, 0.5) is 0 Å². The summed E-state index contributed by atoms with van der Waals surface area (Å²) in [5, 5.41) is 5.52. The Balaban J connectivity index is 2.47. The highest BCUT2D eigenvalue weighted by Gasteiger charge is 2.44. The Morgan fingerprint density at radius 1 is 0.941 bits per heavy atom. The summed E-state index contributed by atoms with van der Waals surface area (Å²) in [5.41, 5.74) is -0.808. The minimum absolute atomic E-state index is 0.0709. The van der Waals surface area contributed by atoms with Crippen LogP contribution in [0.2, 0.25) is 0 Å². The molecule has 1 saturated heterocycles. The Labute approximate surface area is 205 Å². The molecule has 0 spiro atoms. The minimum atomic E-state index is -0.725. The third-order valence-electron chi connectivity index (χ3n) is 6.33. The summed E-state index contributed by atoms with van der Waals surface area (Å²) in [4.78, 5) is 63.6. The Morgan fingerprint density at radius 3 is 2.00 bits per heavy atom. The van der Waals surface area contributed by atoms with Crippen LogP contribution in [0.3, 0.4) is 0 Å². The fourth-order valence-corrected chi connectivity index (χ4v) is 4.13. The summed E-state index contributed by atoms with van der Waals surface area (Å²) in [7, 11) is 0. The summed E-state index contributed by atoms with van der Waals surface area (Å²) in [6.07, 6.45) is 2.45. The van der Waals surface area contributed by atoms with Gasteiger partial charge in [0.25, 0.3) is 0 Å². The van der Waals surface area contributed by atoms with E-state index in [1.807, 2.05) is 34.6 Å². The Morgan fingerprint density at radius 2 is 1.53 bits per heavy atom. The van der Waals surface area contributed by atoms with Crippen molar-refractivity contribution in [1.29, 1.82) is 0 Å². The molecule has 0 radical (unpaired) electrons. The van der Waals surface area contributed by atoms with E-state index in [9.17, 15) is 24.0 Å². The Bertz CT molecular complexity index is 776. The monoisotopic (exact) mass is 479 g/mol. The number of likely N-dealkylation sites (tertiary alicyclic amines) is 1. The molecule has 1 aliphatic heterocycles. The number of rotatable bonds is 11. The second-order valence-corrected chi connectivity index (χ2v) is 12.0. The number of amides is 4. The first-order valence-corrected chi connectivity index (χ1v) is 12.4. The molecule has 4 amide bonds. The van der Waals surface area contributed by atoms with Gasteiger partial charge in [0.1, 0.15) is 6.04 Å². The van der Waals surface area contributed by atoms with Gasteiger partial charge in [0, 0.05) is 24.8 Å². The number of Topliss-reactive ketones (excluding diaryl/α,β-unsaturated/α-hetero) is 1. The summed E-state index contributed by atoms with van der Waals surface area (Å²) in [6.45, 7) is 17.0. The van der Waals surface area contributed by atoms with E-state index in [0.717, 1.165) is 0 Å². The number of carbonyl (C=O) groups is 5. The lowest BCUT2D eigenvalue weighted by Gasteiger charge is -2.26. The average molecular weight is 480 g/mol. The van der Waals surface area contributed by atoms with Crippen LogP contribution in [0.15, 0.2) is 0 Å². The van der Waals surface area contributed by atoms with Gasteiger partial charge < -0.3 is 10.6 Å². The first kappa shape index (κ1) is 29.8. The van der Waals surface area contributed by atoms with E-state index >= 15 is 0 Å². The third-order valence-corrected chi connectivity index (χ3v) is 6.33. The molecule has 0 aromatic heterocycles. The number of nitrogens with zero attached hydrogens (tertiary/aromatic N) is 1. The molecule has 1 rings (SSSR count). The minimum Gasteiger partial charge on any atom is -0.345 e. The number of imide groups is 1. The zero-order chi connectivity index (χ0) is 26.4. The van der Waals surface area contributed by atoms with Gasteiger partial charge in [-0.05, 0) is 31.1 Å². The van der Waals surface area contributed by atoms with Crippen LogP contribution in [0.5, 0.6) is 0 Å². The molecule has 8 heteroatoms. The number of hydrogen-bond acceptors (Lipinski definition) is 5. The molecule has 1 fully saturated rings. The fraction of sp³-hybridized carbons (Fsp3) is 0.808. The highest BCUT2D eigenvalue weighted by Crippen LogP contribution is 2.35. The zero-order valence-electron chi connectivity index (χ0n) is 22.5. The molecular weight excluding hydrogens is 434 g/mol. The van der Waals surface area contributed by atoms with Gasteiger partial charge in [-0.3, -0.25) is 28.9 Å². The highest BCUT2D eigenvalue weighted by atomic mass is 16.2. The number of carbonyl (C=O) groups excluding carboxylic acids is 5. The van der Waals surface area contributed by atoms with Crippen molar-refractivity contribution in [3.8, 4) is 0 Å². The standard InChI is InChI=1S/C26H45N3O5/c1-16(2)21(23(33)27-17(3)22(32)26(7,8)9)28-19(30)13-11-10-12-14-29-20(31)15-18(24(29)34)25(4,5)6/h16-18,21H,10-15H2,1-9H3,(H,27,33)(H,28,30)/t17-,18?,21-/m0/s1. The molecular formula is C26H45N3O5. The van der Waals surface area contributed by atoms with E-state index in [1.165, 1.54) is 4.90 Å². The van der Waals surface area contributed by atoms with Gasteiger partial charge in [0.15, 0.2) is 5.78 Å². The molecule has 0 aliphatic carbocycles. The lowest BCUT2D eigenvalue weighted by molar-refractivity contribution is -0.140. The van der Waals surface area contributed by atoms with Crippen LogP contribution in [0.25, 0.3) is 0 Å². The molecule has 0 aromatic rings. The van der Waals surface area contributed by atoms with Crippen molar-refractivity contribution in [2.24, 2.45) is 22.7 Å². The predicted molar refractivity (Wildman–Crippen MR) is 132 cm³/mol. The van der Waals surface area contributed by atoms with Crippen LogP contribution in [-0.2, 0) is 24.0 Å². The van der Waals surface area contributed by atoms with E-state index in [0.29, 0.717) is 25.8 Å². The second-order valence-electron chi connectivity index (χ2n) is 12.0. The molecule has 1 heterocycles. The van der Waals surface area contributed by atoms with Gasteiger partial charge in [-0.25, -0.2) is 0 Å². The maximum absolute atomic E-state index is 12.7. The van der Waals surface area contributed by atoms with E-state index < -0.39 is 17.5 Å². The first-order valence-electron chi connectivity index (χ1n) is 12.4. The van der Waals surface area contributed by atoms with Crippen molar-refractivity contribution in [1.82, 2.24) is 15.5 Å². The molecule has 1 aliphatic rings. The van der Waals surface area contributed by atoms with E-state index in [-0.39, 0.29) is 59.5 Å². The average Bonchev–Trinajstić information content (AvgIpc) is 2.98. The van der Waals surface area contributed by atoms with Crippen molar-refractivity contribution in [2.45, 2.75) is 107 Å². The van der Waals surface area contributed by atoms with Crippen LogP contribution in [0.1, 0.15) is 94.4 Å².